The van der Waals surface area contributed by atoms with Crippen molar-refractivity contribution in [3.63, 3.8) is 0 Å². The average Bonchev–Trinajstić information content (AvgIpc) is 2.19. The third-order valence-electron chi connectivity index (χ3n) is 2.86. The maximum Gasteiger partial charge on any atom is 0.132 e. The lowest BCUT2D eigenvalue weighted by atomic mass is 9.83. The highest BCUT2D eigenvalue weighted by Crippen LogP contribution is 2.32. The summed E-state index contributed by atoms with van der Waals surface area (Å²) in [4.78, 5) is 11.1. The van der Waals surface area contributed by atoms with Crippen molar-refractivity contribution in [2.24, 2.45) is 0 Å². The Morgan fingerprint density at radius 2 is 1.93 bits per heavy atom. The van der Waals surface area contributed by atoms with Gasteiger partial charge in [-0.2, -0.15) is 0 Å². The molecular weight excluding hydrogens is 196 g/mol. The Balaban J connectivity index is 2.12. The van der Waals surface area contributed by atoms with E-state index in [9.17, 15) is 4.79 Å². The molecule has 1 aromatic carbocycles. The van der Waals surface area contributed by atoms with Gasteiger partial charge < -0.3 is 0 Å². The van der Waals surface area contributed by atoms with E-state index in [-0.39, 0.29) is 0 Å². The van der Waals surface area contributed by atoms with Crippen LogP contribution in [0.15, 0.2) is 24.3 Å². The van der Waals surface area contributed by atoms with Gasteiger partial charge in [-0.3, -0.25) is 4.79 Å². The summed E-state index contributed by atoms with van der Waals surface area (Å²) >= 11 is 5.93. The number of hydrogen-bond acceptors (Lipinski definition) is 1. The predicted octanol–water partition coefficient (Wildman–Crippen LogP) is 3.57. The molecule has 14 heavy (non-hydrogen) atoms. The Morgan fingerprint density at radius 1 is 1.21 bits per heavy atom. The van der Waals surface area contributed by atoms with Crippen LogP contribution in [-0.4, -0.2) is 5.78 Å². The number of rotatable bonds is 1. The molecule has 1 aliphatic rings. The fourth-order valence-electron chi connectivity index (χ4n) is 2.03. The predicted molar refractivity (Wildman–Crippen MR) is 57.7 cm³/mol. The molecule has 1 nitrogen and oxygen atoms in total. The highest BCUT2D eigenvalue weighted by Gasteiger charge is 2.19. The Morgan fingerprint density at radius 3 is 2.57 bits per heavy atom. The summed E-state index contributed by atoms with van der Waals surface area (Å²) in [6.45, 7) is 0. The van der Waals surface area contributed by atoms with Gasteiger partial charge in [0.15, 0.2) is 0 Å². The van der Waals surface area contributed by atoms with Crippen molar-refractivity contribution in [3.8, 4) is 0 Å². The Bertz CT molecular complexity index is 336. The first kappa shape index (κ1) is 9.72. The van der Waals surface area contributed by atoms with Gasteiger partial charge >= 0.3 is 0 Å². The molecule has 0 N–H and O–H groups in total. The maximum absolute atomic E-state index is 11.1. The van der Waals surface area contributed by atoms with Gasteiger partial charge in [0.25, 0.3) is 0 Å². The van der Waals surface area contributed by atoms with E-state index in [4.69, 9.17) is 11.6 Å². The molecule has 1 aromatic rings. The number of carbonyl (C=O) groups is 1. The molecule has 2 rings (SSSR count). The number of halogens is 1. The summed E-state index contributed by atoms with van der Waals surface area (Å²) in [7, 11) is 0. The Kier molecular flexibility index (Phi) is 2.87. The van der Waals surface area contributed by atoms with E-state index in [0.29, 0.717) is 11.7 Å². The molecule has 1 saturated carbocycles. The van der Waals surface area contributed by atoms with Gasteiger partial charge in [-0.1, -0.05) is 23.7 Å². The second kappa shape index (κ2) is 4.14. The summed E-state index contributed by atoms with van der Waals surface area (Å²) in [6, 6.07) is 7.99. The van der Waals surface area contributed by atoms with Crippen LogP contribution in [0.1, 0.15) is 37.2 Å². The minimum absolute atomic E-state index is 0.406. The van der Waals surface area contributed by atoms with Crippen LogP contribution < -0.4 is 0 Å². The van der Waals surface area contributed by atoms with Gasteiger partial charge in [0, 0.05) is 17.9 Å². The zero-order valence-electron chi connectivity index (χ0n) is 8.00. The second-order valence-electron chi connectivity index (χ2n) is 3.87. The molecule has 0 spiro atoms. The van der Waals surface area contributed by atoms with Crippen molar-refractivity contribution in [3.05, 3.63) is 34.9 Å². The number of hydrogen-bond donors (Lipinski definition) is 0. The number of ketones is 1. The van der Waals surface area contributed by atoms with Crippen LogP contribution in [0, 0.1) is 0 Å². The van der Waals surface area contributed by atoms with E-state index >= 15 is 0 Å². The van der Waals surface area contributed by atoms with Crippen LogP contribution in [-0.2, 0) is 4.79 Å². The lowest BCUT2D eigenvalue weighted by Gasteiger charge is -2.21. The third kappa shape index (κ3) is 2.16. The van der Waals surface area contributed by atoms with Crippen LogP contribution in [0.3, 0.4) is 0 Å². The summed E-state index contributed by atoms with van der Waals surface area (Å²) in [5.74, 6) is 0.940. The fourth-order valence-corrected chi connectivity index (χ4v) is 2.23. The lowest BCUT2D eigenvalue weighted by Crippen LogP contribution is -2.12. The van der Waals surface area contributed by atoms with Crippen molar-refractivity contribution >= 4 is 17.4 Å². The van der Waals surface area contributed by atoms with E-state index < -0.39 is 0 Å². The summed E-state index contributed by atoms with van der Waals surface area (Å²) < 4.78 is 0. The normalized spacial score (nSPS) is 18.5. The van der Waals surface area contributed by atoms with E-state index in [1.165, 1.54) is 5.56 Å². The second-order valence-corrected chi connectivity index (χ2v) is 4.30. The van der Waals surface area contributed by atoms with Crippen molar-refractivity contribution in [1.82, 2.24) is 0 Å². The van der Waals surface area contributed by atoms with Crippen LogP contribution in [0.2, 0.25) is 5.02 Å². The smallest absolute Gasteiger partial charge is 0.132 e. The zero-order chi connectivity index (χ0) is 9.97. The SMILES string of the molecule is O=C1CCC(c2cccc(Cl)c2)CC1. The minimum Gasteiger partial charge on any atom is -0.300 e. The van der Waals surface area contributed by atoms with Crippen LogP contribution in [0.5, 0.6) is 0 Å². The van der Waals surface area contributed by atoms with E-state index in [1.807, 2.05) is 18.2 Å². The van der Waals surface area contributed by atoms with Gasteiger partial charge in [-0.15, -0.1) is 0 Å². The monoisotopic (exact) mass is 208 g/mol. The standard InChI is InChI=1S/C12H13ClO/c13-11-3-1-2-10(8-11)9-4-6-12(14)7-5-9/h1-3,8-9H,4-7H2. The molecule has 0 radical (unpaired) electrons. The summed E-state index contributed by atoms with van der Waals surface area (Å²) in [5, 5.41) is 0.791. The molecule has 1 fully saturated rings. The minimum atomic E-state index is 0.406. The topological polar surface area (TPSA) is 17.1 Å². The highest BCUT2D eigenvalue weighted by molar-refractivity contribution is 6.30. The molecule has 0 aromatic heterocycles. The molecule has 0 unspecified atom stereocenters. The fraction of sp³-hybridized carbons (Fsp3) is 0.417. The number of Topliss-reactive ketones (excluding diaryl/α,β-unsaturated/α-hetero) is 1. The largest absolute Gasteiger partial charge is 0.300 e. The Labute approximate surface area is 89.1 Å². The molecule has 0 amide bonds. The quantitative estimate of drug-likeness (QED) is 0.690. The molecule has 0 bridgehead atoms. The molecule has 0 aliphatic heterocycles. The molecule has 0 saturated heterocycles. The van der Waals surface area contributed by atoms with E-state index in [2.05, 4.69) is 6.07 Å². The molecular formula is C12H13ClO. The van der Waals surface area contributed by atoms with Crippen molar-refractivity contribution in [2.45, 2.75) is 31.6 Å². The third-order valence-corrected chi connectivity index (χ3v) is 3.10. The number of carbonyl (C=O) groups excluding carboxylic acids is 1. The average molecular weight is 209 g/mol. The first-order chi connectivity index (χ1) is 6.75. The first-order valence-corrected chi connectivity index (χ1v) is 5.40. The first-order valence-electron chi connectivity index (χ1n) is 5.03. The van der Waals surface area contributed by atoms with Crippen LogP contribution in [0.4, 0.5) is 0 Å². The number of benzene rings is 1. The molecule has 1 aliphatic carbocycles. The maximum atomic E-state index is 11.1. The summed E-state index contributed by atoms with van der Waals surface area (Å²) in [6.07, 6.45) is 3.44. The van der Waals surface area contributed by atoms with Crippen LogP contribution in [0.25, 0.3) is 0 Å². The lowest BCUT2D eigenvalue weighted by molar-refractivity contribution is -0.120. The summed E-state index contributed by atoms with van der Waals surface area (Å²) in [5.41, 5.74) is 1.28. The van der Waals surface area contributed by atoms with Crippen molar-refractivity contribution in [1.29, 1.82) is 0 Å². The molecule has 74 valence electrons. The van der Waals surface area contributed by atoms with Crippen molar-refractivity contribution in [2.75, 3.05) is 0 Å². The molecule has 2 heteroatoms. The van der Waals surface area contributed by atoms with Gasteiger partial charge in [0.1, 0.15) is 5.78 Å². The van der Waals surface area contributed by atoms with Crippen LogP contribution >= 0.6 is 11.6 Å². The zero-order valence-corrected chi connectivity index (χ0v) is 8.76. The highest BCUT2D eigenvalue weighted by atomic mass is 35.5. The van der Waals surface area contributed by atoms with Crippen molar-refractivity contribution < 1.29 is 4.79 Å². The molecule has 0 heterocycles. The van der Waals surface area contributed by atoms with Gasteiger partial charge in [-0.05, 0) is 36.5 Å². The van der Waals surface area contributed by atoms with Gasteiger partial charge in [0.05, 0.1) is 0 Å². The van der Waals surface area contributed by atoms with E-state index in [0.717, 1.165) is 30.7 Å². The van der Waals surface area contributed by atoms with Gasteiger partial charge in [0.2, 0.25) is 0 Å². The van der Waals surface area contributed by atoms with Gasteiger partial charge in [-0.25, -0.2) is 0 Å². The Hall–Kier alpha value is -0.820. The molecule has 0 atom stereocenters. The van der Waals surface area contributed by atoms with E-state index in [1.54, 1.807) is 0 Å².